The van der Waals surface area contributed by atoms with Gasteiger partial charge in [-0.1, -0.05) is 13.8 Å². The van der Waals surface area contributed by atoms with E-state index in [-0.39, 0.29) is 13.2 Å². The predicted molar refractivity (Wildman–Crippen MR) is 46.5 cm³/mol. The fourth-order valence-corrected chi connectivity index (χ4v) is 1.19. The Morgan fingerprint density at radius 2 is 2.17 bits per heavy atom. The molecule has 0 saturated heterocycles. The average molecular weight is 171 g/mol. The number of rotatable bonds is 5. The van der Waals surface area contributed by atoms with Gasteiger partial charge in [0.1, 0.15) is 0 Å². The molecule has 0 radical (unpaired) electrons. The Hall–Kier alpha value is -0.590. The molecule has 0 aromatic carbocycles. The van der Waals surface area contributed by atoms with Gasteiger partial charge in [-0.25, -0.2) is 0 Å². The van der Waals surface area contributed by atoms with Crippen molar-refractivity contribution < 1.29 is 9.84 Å². The number of hydrogen-bond donors (Lipinski definition) is 1. The van der Waals surface area contributed by atoms with Crippen LogP contribution in [-0.4, -0.2) is 23.9 Å². The molecule has 1 atom stereocenters. The molecule has 0 aromatic rings. The van der Waals surface area contributed by atoms with Crippen LogP contribution in [0.15, 0.2) is 0 Å². The topological polar surface area (TPSA) is 53.2 Å². The Balaban J connectivity index is 3.98. The number of nitrogens with zero attached hydrogens (tertiary/aromatic N) is 1. The molecule has 0 aliphatic carbocycles. The number of aliphatic hydroxyl groups is 1. The fourth-order valence-electron chi connectivity index (χ4n) is 1.19. The summed E-state index contributed by atoms with van der Waals surface area (Å²) >= 11 is 0. The maximum atomic E-state index is 8.80. The molecule has 70 valence electrons. The Kier molecular flexibility index (Phi) is 4.87. The summed E-state index contributed by atoms with van der Waals surface area (Å²) in [6.45, 7) is 6.03. The van der Waals surface area contributed by atoms with E-state index in [1.54, 1.807) is 6.92 Å². The van der Waals surface area contributed by atoms with Crippen LogP contribution in [0.3, 0.4) is 0 Å². The second-order valence-corrected chi connectivity index (χ2v) is 3.51. The van der Waals surface area contributed by atoms with Crippen LogP contribution >= 0.6 is 0 Å². The first-order valence-corrected chi connectivity index (χ1v) is 4.20. The molecule has 0 heterocycles. The van der Waals surface area contributed by atoms with Crippen LogP contribution in [0, 0.1) is 17.2 Å². The van der Waals surface area contributed by atoms with E-state index in [1.165, 1.54) is 0 Å². The lowest BCUT2D eigenvalue weighted by atomic mass is 9.95. The second kappa shape index (κ2) is 5.13. The van der Waals surface area contributed by atoms with Crippen LogP contribution < -0.4 is 0 Å². The van der Waals surface area contributed by atoms with Gasteiger partial charge in [-0.2, -0.15) is 5.26 Å². The van der Waals surface area contributed by atoms with Crippen molar-refractivity contribution in [3.05, 3.63) is 0 Å². The summed E-state index contributed by atoms with van der Waals surface area (Å²) in [5.41, 5.74) is -0.739. The van der Waals surface area contributed by atoms with Gasteiger partial charge in [0.25, 0.3) is 0 Å². The molecule has 0 fully saturated rings. The van der Waals surface area contributed by atoms with E-state index in [2.05, 4.69) is 6.07 Å². The quantitative estimate of drug-likeness (QED) is 0.678. The van der Waals surface area contributed by atoms with Crippen molar-refractivity contribution in [3.63, 3.8) is 0 Å². The van der Waals surface area contributed by atoms with Crippen LogP contribution in [0.2, 0.25) is 0 Å². The van der Waals surface area contributed by atoms with E-state index >= 15 is 0 Å². The lowest BCUT2D eigenvalue weighted by molar-refractivity contribution is -0.0193. The fraction of sp³-hybridized carbons (Fsp3) is 0.889. The SMILES string of the molecule is CC(C)CC(C)(C#N)OCCO. The number of hydrogen-bond acceptors (Lipinski definition) is 3. The van der Waals surface area contributed by atoms with E-state index < -0.39 is 5.60 Å². The van der Waals surface area contributed by atoms with Crippen molar-refractivity contribution in [1.82, 2.24) is 0 Å². The molecule has 3 heteroatoms. The highest BCUT2D eigenvalue weighted by Gasteiger charge is 2.25. The third-order valence-corrected chi connectivity index (χ3v) is 1.55. The zero-order valence-electron chi connectivity index (χ0n) is 8.00. The van der Waals surface area contributed by atoms with E-state index in [0.29, 0.717) is 12.3 Å². The summed E-state index contributed by atoms with van der Waals surface area (Å²) < 4.78 is 5.23. The molecule has 0 amide bonds. The molecule has 1 N–H and O–H groups in total. The van der Waals surface area contributed by atoms with Gasteiger partial charge in [-0.05, 0) is 19.3 Å². The monoisotopic (exact) mass is 171 g/mol. The second-order valence-electron chi connectivity index (χ2n) is 3.51. The molecule has 0 spiro atoms. The molecule has 0 aliphatic rings. The minimum Gasteiger partial charge on any atom is -0.394 e. The number of nitriles is 1. The molecule has 0 saturated carbocycles. The normalized spacial score (nSPS) is 15.7. The minimum atomic E-state index is -0.739. The van der Waals surface area contributed by atoms with Crippen LogP contribution in [0.5, 0.6) is 0 Å². The first-order chi connectivity index (χ1) is 5.54. The molecule has 0 aromatic heterocycles. The highest BCUT2D eigenvalue weighted by Crippen LogP contribution is 2.19. The van der Waals surface area contributed by atoms with Gasteiger partial charge >= 0.3 is 0 Å². The third-order valence-electron chi connectivity index (χ3n) is 1.55. The molecular formula is C9H17NO2. The highest BCUT2D eigenvalue weighted by atomic mass is 16.5. The van der Waals surface area contributed by atoms with Gasteiger partial charge in [-0.3, -0.25) is 0 Å². The predicted octanol–water partition coefficient (Wildman–Crippen LogP) is 1.32. The first-order valence-electron chi connectivity index (χ1n) is 4.20. The van der Waals surface area contributed by atoms with E-state index in [0.717, 1.165) is 0 Å². The maximum absolute atomic E-state index is 8.80. The van der Waals surface area contributed by atoms with Gasteiger partial charge in [0, 0.05) is 0 Å². The van der Waals surface area contributed by atoms with Gasteiger partial charge in [-0.15, -0.1) is 0 Å². The van der Waals surface area contributed by atoms with E-state index in [9.17, 15) is 0 Å². The van der Waals surface area contributed by atoms with Crippen LogP contribution in [0.25, 0.3) is 0 Å². The minimum absolute atomic E-state index is 0.0324. The Morgan fingerprint density at radius 1 is 1.58 bits per heavy atom. The zero-order valence-corrected chi connectivity index (χ0v) is 8.00. The van der Waals surface area contributed by atoms with Crippen molar-refractivity contribution in [2.45, 2.75) is 32.8 Å². The van der Waals surface area contributed by atoms with Crippen molar-refractivity contribution in [1.29, 1.82) is 5.26 Å². The molecular weight excluding hydrogens is 154 g/mol. The molecule has 0 bridgehead atoms. The zero-order chi connectivity index (χ0) is 9.61. The summed E-state index contributed by atoms with van der Waals surface area (Å²) in [7, 11) is 0. The summed E-state index contributed by atoms with van der Waals surface area (Å²) in [6.07, 6.45) is 0.698. The average Bonchev–Trinajstić information content (AvgIpc) is 2.00. The van der Waals surface area contributed by atoms with Gasteiger partial charge < -0.3 is 9.84 Å². The van der Waals surface area contributed by atoms with Crippen molar-refractivity contribution in [2.24, 2.45) is 5.92 Å². The van der Waals surface area contributed by atoms with E-state index in [1.807, 2.05) is 13.8 Å². The maximum Gasteiger partial charge on any atom is 0.151 e. The summed E-state index contributed by atoms with van der Waals surface area (Å²) in [5.74, 6) is 0.424. The van der Waals surface area contributed by atoms with Crippen molar-refractivity contribution >= 4 is 0 Å². The highest BCUT2D eigenvalue weighted by molar-refractivity contribution is 4.98. The molecule has 1 unspecified atom stereocenters. The van der Waals surface area contributed by atoms with Crippen LogP contribution in [0.4, 0.5) is 0 Å². The summed E-state index contributed by atoms with van der Waals surface area (Å²) in [6, 6.07) is 2.11. The number of ether oxygens (including phenoxy) is 1. The Labute approximate surface area is 74.0 Å². The molecule has 12 heavy (non-hydrogen) atoms. The molecule has 0 aliphatic heterocycles. The largest absolute Gasteiger partial charge is 0.394 e. The van der Waals surface area contributed by atoms with Crippen LogP contribution in [-0.2, 0) is 4.74 Å². The van der Waals surface area contributed by atoms with E-state index in [4.69, 9.17) is 15.1 Å². The Bertz CT molecular complexity index is 162. The molecule has 0 rings (SSSR count). The van der Waals surface area contributed by atoms with Gasteiger partial charge in [0.15, 0.2) is 5.60 Å². The summed E-state index contributed by atoms with van der Waals surface area (Å²) in [5, 5.41) is 17.3. The standard InChI is InChI=1S/C9H17NO2/c1-8(2)6-9(3,7-10)12-5-4-11/h8,11H,4-6H2,1-3H3. The molecule has 3 nitrogen and oxygen atoms in total. The van der Waals surface area contributed by atoms with Gasteiger partial charge in [0.2, 0.25) is 0 Å². The lowest BCUT2D eigenvalue weighted by Crippen LogP contribution is -2.29. The van der Waals surface area contributed by atoms with Crippen molar-refractivity contribution in [2.75, 3.05) is 13.2 Å². The van der Waals surface area contributed by atoms with Crippen LogP contribution in [0.1, 0.15) is 27.2 Å². The first kappa shape index (κ1) is 11.4. The van der Waals surface area contributed by atoms with Gasteiger partial charge in [0.05, 0.1) is 19.3 Å². The number of aliphatic hydroxyl groups excluding tert-OH is 1. The summed E-state index contributed by atoms with van der Waals surface area (Å²) in [4.78, 5) is 0. The smallest absolute Gasteiger partial charge is 0.151 e. The van der Waals surface area contributed by atoms with Crippen molar-refractivity contribution in [3.8, 4) is 6.07 Å². The Morgan fingerprint density at radius 3 is 2.50 bits per heavy atom. The third kappa shape index (κ3) is 4.32. The lowest BCUT2D eigenvalue weighted by Gasteiger charge is -2.23.